The molecule has 1 heterocycles. The Bertz CT molecular complexity index is 662. The number of rotatable bonds is 1. The monoisotopic (exact) mass is 277 g/mol. The van der Waals surface area contributed by atoms with E-state index in [9.17, 15) is 4.21 Å². The van der Waals surface area contributed by atoms with Gasteiger partial charge in [0.15, 0.2) is 13.8 Å². The molecular formula is C8H8ClN3O2S2. The average Bonchev–Trinajstić information content (AvgIpc) is 2.66. The fourth-order valence-electron chi connectivity index (χ4n) is 1.08. The van der Waals surface area contributed by atoms with Gasteiger partial charge in [0.2, 0.25) is 0 Å². The zero-order valence-electron chi connectivity index (χ0n) is 7.91. The van der Waals surface area contributed by atoms with Crippen molar-refractivity contribution in [1.82, 2.24) is 9.17 Å². The van der Waals surface area contributed by atoms with E-state index in [-0.39, 0.29) is 3.82 Å². The maximum Gasteiger partial charge on any atom is 0.162 e. The molecule has 2 rings (SSSR count). The second kappa shape index (κ2) is 4.19. The van der Waals surface area contributed by atoms with Gasteiger partial charge in [-0.25, -0.2) is 9.35 Å². The zero-order valence-corrected chi connectivity index (χ0v) is 10.3. The van der Waals surface area contributed by atoms with E-state index in [4.69, 9.17) is 21.3 Å². The van der Waals surface area contributed by atoms with Gasteiger partial charge in [0.05, 0.1) is 16.9 Å². The molecule has 0 fully saturated rings. The van der Waals surface area contributed by atoms with Crippen LogP contribution in [0.1, 0.15) is 0 Å². The van der Waals surface area contributed by atoms with E-state index in [0.29, 0.717) is 10.7 Å². The van der Waals surface area contributed by atoms with E-state index >= 15 is 0 Å². The molecule has 1 aromatic carbocycles. The minimum atomic E-state index is -3.46. The summed E-state index contributed by atoms with van der Waals surface area (Å²) in [4.78, 5) is 0. The minimum Gasteiger partial charge on any atom is -0.301 e. The molecule has 3 N–H and O–H groups in total. The van der Waals surface area contributed by atoms with Gasteiger partial charge < -0.3 is 4.55 Å². The van der Waals surface area contributed by atoms with Crippen molar-refractivity contribution in [2.24, 2.45) is 5.14 Å². The SMILES string of the molecule is NS(=O)(O)=c1cnn(-c2ccccc2Cl)s1. The molecule has 0 aliphatic rings. The Morgan fingerprint density at radius 3 is 2.75 bits per heavy atom. The molecule has 1 unspecified atom stereocenters. The quantitative estimate of drug-likeness (QED) is 0.779. The van der Waals surface area contributed by atoms with Gasteiger partial charge >= 0.3 is 0 Å². The predicted octanol–water partition coefficient (Wildman–Crippen LogP) is 1.75. The van der Waals surface area contributed by atoms with Gasteiger partial charge in [-0.1, -0.05) is 23.7 Å². The maximum absolute atomic E-state index is 11.2. The third-order valence-electron chi connectivity index (χ3n) is 1.79. The number of para-hydroxylation sites is 1. The van der Waals surface area contributed by atoms with Crippen molar-refractivity contribution in [1.29, 1.82) is 0 Å². The van der Waals surface area contributed by atoms with E-state index in [1.54, 1.807) is 24.3 Å². The molecule has 16 heavy (non-hydrogen) atoms. The Labute approximate surface area is 101 Å². The van der Waals surface area contributed by atoms with Gasteiger partial charge in [-0.2, -0.15) is 9.17 Å². The number of halogens is 1. The van der Waals surface area contributed by atoms with Gasteiger partial charge in [0.1, 0.15) is 0 Å². The minimum absolute atomic E-state index is 0.104. The Morgan fingerprint density at radius 1 is 1.50 bits per heavy atom. The zero-order chi connectivity index (χ0) is 11.8. The first-order valence-electron chi connectivity index (χ1n) is 4.16. The molecule has 0 saturated carbocycles. The number of nitrogens with zero attached hydrogens (tertiary/aromatic N) is 2. The Balaban J connectivity index is 2.66. The summed E-state index contributed by atoms with van der Waals surface area (Å²) in [5, 5.41) is 9.55. The molecular weight excluding hydrogens is 270 g/mol. The van der Waals surface area contributed by atoms with Crippen molar-refractivity contribution < 1.29 is 8.76 Å². The maximum atomic E-state index is 11.2. The molecule has 2 aromatic rings. The third kappa shape index (κ3) is 2.28. The highest BCUT2D eigenvalue weighted by Crippen LogP contribution is 2.20. The van der Waals surface area contributed by atoms with Crippen molar-refractivity contribution in [2.75, 3.05) is 0 Å². The molecule has 0 aliphatic carbocycles. The smallest absolute Gasteiger partial charge is 0.162 e. The molecule has 0 bridgehead atoms. The number of benzene rings is 1. The summed E-state index contributed by atoms with van der Waals surface area (Å²) in [6.07, 6.45) is 1.26. The fraction of sp³-hybridized carbons (Fsp3) is 0. The normalized spacial score (nSPS) is 14.7. The number of nitrogens with two attached hydrogens (primary N) is 1. The van der Waals surface area contributed by atoms with Crippen LogP contribution in [0.4, 0.5) is 0 Å². The number of aromatic nitrogens is 2. The van der Waals surface area contributed by atoms with Crippen molar-refractivity contribution in [3.63, 3.8) is 0 Å². The first-order chi connectivity index (χ1) is 7.48. The Kier molecular flexibility index (Phi) is 3.04. The van der Waals surface area contributed by atoms with Crippen LogP contribution in [0, 0.1) is 3.82 Å². The van der Waals surface area contributed by atoms with Gasteiger partial charge in [-0.05, 0) is 23.7 Å². The van der Waals surface area contributed by atoms with Crippen LogP contribution in [0.25, 0.3) is 5.69 Å². The molecule has 0 radical (unpaired) electrons. The van der Waals surface area contributed by atoms with E-state index < -0.39 is 9.99 Å². The molecule has 0 amide bonds. The summed E-state index contributed by atoms with van der Waals surface area (Å²) < 4.78 is 21.9. The Morgan fingerprint density at radius 2 is 2.19 bits per heavy atom. The number of hydrogen-bond donors (Lipinski definition) is 2. The highest BCUT2D eigenvalue weighted by Gasteiger charge is 2.05. The fourth-order valence-corrected chi connectivity index (χ4v) is 2.80. The molecule has 1 aromatic heterocycles. The molecule has 1 atom stereocenters. The highest BCUT2D eigenvalue weighted by molar-refractivity contribution is 7.89. The van der Waals surface area contributed by atoms with E-state index in [1.165, 1.54) is 10.3 Å². The van der Waals surface area contributed by atoms with Crippen molar-refractivity contribution >= 4 is 33.1 Å². The van der Waals surface area contributed by atoms with E-state index in [1.807, 2.05) is 0 Å². The lowest BCUT2D eigenvalue weighted by Crippen LogP contribution is -2.09. The van der Waals surface area contributed by atoms with Crippen LogP contribution in [-0.4, -0.2) is 17.9 Å². The highest BCUT2D eigenvalue weighted by atomic mass is 35.5. The van der Waals surface area contributed by atoms with Crippen LogP contribution in [-0.2, 0) is 9.99 Å². The van der Waals surface area contributed by atoms with Crippen LogP contribution in [0.2, 0.25) is 5.02 Å². The standard InChI is InChI=1S/C8H8ClN3O2S2/c9-6-3-1-2-4-7(6)12-11-5-8(15-12)16(10,13)14/h1-5H,(H3,10,13,14). The van der Waals surface area contributed by atoms with Gasteiger partial charge in [-0.15, -0.1) is 0 Å². The summed E-state index contributed by atoms with van der Waals surface area (Å²) in [6, 6.07) is 7.06. The lowest BCUT2D eigenvalue weighted by molar-refractivity contribution is 0.558. The lowest BCUT2D eigenvalue weighted by Gasteiger charge is -2.00. The summed E-state index contributed by atoms with van der Waals surface area (Å²) in [7, 11) is -3.46. The summed E-state index contributed by atoms with van der Waals surface area (Å²) in [6.45, 7) is 0. The summed E-state index contributed by atoms with van der Waals surface area (Å²) >= 11 is 6.94. The molecule has 8 heteroatoms. The summed E-state index contributed by atoms with van der Waals surface area (Å²) in [5.41, 5.74) is 0.643. The van der Waals surface area contributed by atoms with Gasteiger partial charge in [-0.3, -0.25) is 0 Å². The molecule has 0 spiro atoms. The van der Waals surface area contributed by atoms with Crippen molar-refractivity contribution in [3.05, 3.63) is 39.3 Å². The van der Waals surface area contributed by atoms with Crippen molar-refractivity contribution in [2.45, 2.75) is 0 Å². The molecule has 5 nitrogen and oxygen atoms in total. The average molecular weight is 278 g/mol. The predicted molar refractivity (Wildman–Crippen MR) is 64.7 cm³/mol. The van der Waals surface area contributed by atoms with Crippen LogP contribution in [0.15, 0.2) is 30.5 Å². The molecule has 0 saturated heterocycles. The topological polar surface area (TPSA) is 81.1 Å². The third-order valence-corrected chi connectivity index (χ3v) is 4.48. The first kappa shape index (κ1) is 11.6. The summed E-state index contributed by atoms with van der Waals surface area (Å²) in [5.74, 6) is 0. The number of hydrogen-bond acceptors (Lipinski definition) is 3. The van der Waals surface area contributed by atoms with Crippen LogP contribution in [0.3, 0.4) is 0 Å². The van der Waals surface area contributed by atoms with Gasteiger partial charge in [0.25, 0.3) is 0 Å². The van der Waals surface area contributed by atoms with E-state index in [2.05, 4.69) is 5.10 Å². The van der Waals surface area contributed by atoms with Crippen LogP contribution >= 0.6 is 23.1 Å². The van der Waals surface area contributed by atoms with E-state index in [0.717, 1.165) is 11.5 Å². The Hall–Kier alpha value is -0.860. The van der Waals surface area contributed by atoms with Crippen molar-refractivity contribution in [3.8, 4) is 5.69 Å². The molecule has 0 aliphatic heterocycles. The second-order valence-electron chi connectivity index (χ2n) is 2.95. The largest absolute Gasteiger partial charge is 0.301 e. The second-order valence-corrected chi connectivity index (χ2v) is 6.16. The van der Waals surface area contributed by atoms with Gasteiger partial charge in [0, 0.05) is 0 Å². The van der Waals surface area contributed by atoms with Crippen LogP contribution in [0.5, 0.6) is 0 Å². The lowest BCUT2D eigenvalue weighted by atomic mass is 10.3. The molecule has 86 valence electrons. The van der Waals surface area contributed by atoms with Crippen LogP contribution < -0.4 is 5.14 Å². The first-order valence-corrected chi connectivity index (χ1v) is 6.89.